The van der Waals surface area contributed by atoms with Crippen molar-refractivity contribution >= 4 is 11.6 Å². The summed E-state index contributed by atoms with van der Waals surface area (Å²) in [6, 6.07) is 11.3. The zero-order valence-electron chi connectivity index (χ0n) is 16.6. The standard InChI is InChI=1S/C23H23N3O2/c1-22(2)17-11-10-16-18(19(27)14-8-6-5-7-9-14)26(4)25-20(16)23(17,3)12-15(13-24)21(22)28/h5-9,12,17H,10-11H2,1-4H3/t17-,23-/m0/s1. The van der Waals surface area contributed by atoms with Gasteiger partial charge in [0.2, 0.25) is 5.78 Å². The molecule has 0 unspecified atom stereocenters. The molecule has 2 aliphatic rings. The lowest BCUT2D eigenvalue weighted by atomic mass is 9.52. The Balaban J connectivity index is 1.91. The summed E-state index contributed by atoms with van der Waals surface area (Å²) in [6.07, 6.45) is 3.26. The van der Waals surface area contributed by atoms with Gasteiger partial charge in [0.05, 0.1) is 11.3 Å². The van der Waals surface area contributed by atoms with Crippen LogP contribution in [0.1, 0.15) is 54.5 Å². The average molecular weight is 373 g/mol. The Kier molecular flexibility index (Phi) is 3.94. The molecule has 1 heterocycles. The second kappa shape index (κ2) is 6.00. The fourth-order valence-electron chi connectivity index (χ4n) is 5.23. The number of carbonyl (C=O) groups is 2. The Bertz CT molecular complexity index is 1070. The van der Waals surface area contributed by atoms with Crippen LogP contribution in [0.2, 0.25) is 0 Å². The maximum Gasteiger partial charge on any atom is 0.211 e. The van der Waals surface area contributed by atoms with Gasteiger partial charge in [-0.1, -0.05) is 57.2 Å². The van der Waals surface area contributed by atoms with E-state index in [2.05, 4.69) is 6.07 Å². The van der Waals surface area contributed by atoms with Crippen molar-refractivity contribution in [2.24, 2.45) is 18.4 Å². The minimum absolute atomic E-state index is 0.0340. The lowest BCUT2D eigenvalue weighted by molar-refractivity contribution is -0.128. The summed E-state index contributed by atoms with van der Waals surface area (Å²) in [6.45, 7) is 5.89. The quantitative estimate of drug-likeness (QED) is 0.755. The third-order valence-electron chi connectivity index (χ3n) is 6.58. The molecule has 0 amide bonds. The summed E-state index contributed by atoms with van der Waals surface area (Å²) in [5, 5.41) is 14.3. The molecular weight excluding hydrogens is 350 g/mol. The number of nitrogens with zero attached hydrogens (tertiary/aromatic N) is 3. The van der Waals surface area contributed by atoms with Crippen LogP contribution in [0, 0.1) is 22.7 Å². The molecular formula is C23H23N3O2. The summed E-state index contributed by atoms with van der Waals surface area (Å²) in [7, 11) is 1.79. The zero-order chi connectivity index (χ0) is 20.3. The topological polar surface area (TPSA) is 75.8 Å². The molecule has 142 valence electrons. The minimum Gasteiger partial charge on any atom is -0.293 e. The van der Waals surface area contributed by atoms with Gasteiger partial charge in [0, 0.05) is 29.0 Å². The molecule has 0 fully saturated rings. The molecule has 0 saturated carbocycles. The van der Waals surface area contributed by atoms with Gasteiger partial charge in [-0.2, -0.15) is 10.4 Å². The molecule has 4 rings (SSSR count). The van der Waals surface area contributed by atoms with Crippen molar-refractivity contribution in [3.05, 3.63) is 64.5 Å². The molecule has 1 aromatic carbocycles. The van der Waals surface area contributed by atoms with Crippen LogP contribution in [0.25, 0.3) is 0 Å². The smallest absolute Gasteiger partial charge is 0.211 e. The van der Waals surface area contributed by atoms with Gasteiger partial charge in [-0.05, 0) is 18.8 Å². The first-order valence-electron chi connectivity index (χ1n) is 9.55. The Labute approximate surface area is 164 Å². The van der Waals surface area contributed by atoms with E-state index in [1.165, 1.54) is 0 Å². The molecule has 0 radical (unpaired) electrons. The number of aryl methyl sites for hydroxylation is 1. The monoisotopic (exact) mass is 373 g/mol. The first kappa shape index (κ1) is 18.4. The molecule has 2 aliphatic carbocycles. The largest absolute Gasteiger partial charge is 0.293 e. The number of rotatable bonds is 2. The lowest BCUT2D eigenvalue weighted by Gasteiger charge is -2.49. The normalized spacial score (nSPS) is 25.3. The van der Waals surface area contributed by atoms with E-state index in [1.807, 2.05) is 51.1 Å². The Morgan fingerprint density at radius 3 is 2.57 bits per heavy atom. The molecule has 5 heteroatoms. The third-order valence-corrected chi connectivity index (χ3v) is 6.58. The Hall–Kier alpha value is -3.00. The van der Waals surface area contributed by atoms with Crippen molar-refractivity contribution in [3.63, 3.8) is 0 Å². The molecule has 2 aromatic rings. The summed E-state index contributed by atoms with van der Waals surface area (Å²) < 4.78 is 1.66. The van der Waals surface area contributed by atoms with Gasteiger partial charge in [-0.25, -0.2) is 0 Å². The minimum atomic E-state index is -0.645. The first-order chi connectivity index (χ1) is 13.2. The molecule has 28 heavy (non-hydrogen) atoms. The number of carbonyl (C=O) groups excluding carboxylic acids is 2. The maximum atomic E-state index is 13.2. The van der Waals surface area contributed by atoms with Crippen molar-refractivity contribution in [2.45, 2.75) is 39.0 Å². The van der Waals surface area contributed by atoms with E-state index < -0.39 is 10.8 Å². The second-order valence-electron chi connectivity index (χ2n) is 8.59. The number of hydrogen-bond acceptors (Lipinski definition) is 4. The predicted molar refractivity (Wildman–Crippen MR) is 105 cm³/mol. The number of ketones is 2. The molecule has 2 atom stereocenters. The Morgan fingerprint density at radius 2 is 1.93 bits per heavy atom. The van der Waals surface area contributed by atoms with Crippen LogP contribution in [0.4, 0.5) is 0 Å². The Morgan fingerprint density at radius 1 is 1.25 bits per heavy atom. The average Bonchev–Trinajstić information content (AvgIpc) is 3.02. The SMILES string of the molecule is Cn1nc2c(c1C(=O)c1ccccc1)CC[C@H]1C(C)(C)C(=O)C(C#N)=C[C@]21C. The van der Waals surface area contributed by atoms with Crippen LogP contribution in [-0.2, 0) is 23.7 Å². The number of allylic oxidation sites excluding steroid dienone is 2. The van der Waals surface area contributed by atoms with Crippen LogP contribution in [0.5, 0.6) is 0 Å². The van der Waals surface area contributed by atoms with E-state index in [4.69, 9.17) is 5.10 Å². The van der Waals surface area contributed by atoms with Crippen molar-refractivity contribution in [2.75, 3.05) is 0 Å². The van der Waals surface area contributed by atoms with Gasteiger partial charge in [0.25, 0.3) is 0 Å². The highest BCUT2D eigenvalue weighted by atomic mass is 16.1. The number of Topliss-reactive ketones (excluding diaryl/α,β-unsaturated/α-hetero) is 1. The van der Waals surface area contributed by atoms with Crippen LogP contribution < -0.4 is 0 Å². The van der Waals surface area contributed by atoms with E-state index in [1.54, 1.807) is 17.8 Å². The molecule has 0 spiro atoms. The van der Waals surface area contributed by atoms with Gasteiger partial charge < -0.3 is 0 Å². The second-order valence-corrected chi connectivity index (χ2v) is 8.59. The van der Waals surface area contributed by atoms with Gasteiger partial charge >= 0.3 is 0 Å². The lowest BCUT2D eigenvalue weighted by Crippen LogP contribution is -2.51. The van der Waals surface area contributed by atoms with Crippen LogP contribution in [-0.4, -0.2) is 21.3 Å². The van der Waals surface area contributed by atoms with E-state index in [9.17, 15) is 14.9 Å². The molecule has 1 aromatic heterocycles. The first-order valence-corrected chi connectivity index (χ1v) is 9.55. The number of aromatic nitrogens is 2. The van der Waals surface area contributed by atoms with Crippen molar-refractivity contribution in [1.82, 2.24) is 9.78 Å². The third kappa shape index (κ3) is 2.34. The van der Waals surface area contributed by atoms with Gasteiger partial charge in [-0.15, -0.1) is 0 Å². The molecule has 0 bridgehead atoms. The maximum absolute atomic E-state index is 13.2. The highest BCUT2D eigenvalue weighted by Gasteiger charge is 2.55. The number of hydrogen-bond donors (Lipinski definition) is 0. The fraction of sp³-hybridized carbons (Fsp3) is 0.391. The van der Waals surface area contributed by atoms with E-state index >= 15 is 0 Å². The highest BCUT2D eigenvalue weighted by molar-refractivity contribution is 6.09. The predicted octanol–water partition coefficient (Wildman–Crippen LogP) is 3.53. The molecule has 0 aliphatic heterocycles. The summed E-state index contributed by atoms with van der Waals surface area (Å²) in [4.78, 5) is 26.0. The highest BCUT2D eigenvalue weighted by Crippen LogP contribution is 2.54. The molecule has 0 saturated heterocycles. The van der Waals surface area contributed by atoms with Crippen LogP contribution >= 0.6 is 0 Å². The van der Waals surface area contributed by atoms with Crippen molar-refractivity contribution in [1.29, 1.82) is 5.26 Å². The molecule has 5 nitrogen and oxygen atoms in total. The van der Waals surface area contributed by atoms with Crippen molar-refractivity contribution < 1.29 is 9.59 Å². The summed E-state index contributed by atoms with van der Waals surface area (Å²) in [5.41, 5.74) is 1.98. The molecule has 0 N–H and O–H groups in total. The summed E-state index contributed by atoms with van der Waals surface area (Å²) in [5.74, 6) is -0.112. The van der Waals surface area contributed by atoms with E-state index in [-0.39, 0.29) is 23.1 Å². The number of fused-ring (bicyclic) bond motifs is 3. The van der Waals surface area contributed by atoms with E-state index in [0.29, 0.717) is 17.7 Å². The number of benzene rings is 1. The van der Waals surface area contributed by atoms with Crippen LogP contribution in [0.15, 0.2) is 42.0 Å². The van der Waals surface area contributed by atoms with Gasteiger partial charge in [-0.3, -0.25) is 14.3 Å². The van der Waals surface area contributed by atoms with Gasteiger partial charge in [0.15, 0.2) is 5.78 Å². The van der Waals surface area contributed by atoms with Crippen molar-refractivity contribution in [3.8, 4) is 6.07 Å². The number of nitriles is 1. The zero-order valence-corrected chi connectivity index (χ0v) is 16.6. The van der Waals surface area contributed by atoms with Gasteiger partial charge in [0.1, 0.15) is 11.8 Å². The van der Waals surface area contributed by atoms with Crippen LogP contribution in [0.3, 0.4) is 0 Å². The van der Waals surface area contributed by atoms with E-state index in [0.717, 1.165) is 17.7 Å². The fourth-order valence-corrected chi connectivity index (χ4v) is 5.23. The summed E-state index contributed by atoms with van der Waals surface area (Å²) >= 11 is 0.